The lowest BCUT2D eigenvalue weighted by molar-refractivity contribution is 1.01. The second-order valence-electron chi connectivity index (χ2n) is 3.45. The van der Waals surface area contributed by atoms with Crippen molar-refractivity contribution in [2.45, 2.75) is 6.42 Å². The number of nitriles is 1. The van der Waals surface area contributed by atoms with Gasteiger partial charge in [0.05, 0.1) is 6.20 Å². The standard InChI is InChI=1S/C12H10BrN3S/c13-10-3-1-2-9(6-10)4-5-15-12-16-8-11(7-14)17-12/h1-3,6,8H,4-5H2,(H,15,16). The Morgan fingerprint density at radius 3 is 3.06 bits per heavy atom. The van der Waals surface area contributed by atoms with Crippen molar-refractivity contribution in [1.82, 2.24) is 4.98 Å². The molecule has 5 heteroatoms. The van der Waals surface area contributed by atoms with Gasteiger partial charge in [-0.25, -0.2) is 4.98 Å². The summed E-state index contributed by atoms with van der Waals surface area (Å²) < 4.78 is 1.09. The summed E-state index contributed by atoms with van der Waals surface area (Å²) in [5, 5.41) is 12.7. The van der Waals surface area contributed by atoms with E-state index in [1.54, 1.807) is 6.20 Å². The minimum absolute atomic E-state index is 0.634. The Kier molecular flexibility index (Phi) is 4.13. The van der Waals surface area contributed by atoms with Crippen LogP contribution in [0.5, 0.6) is 0 Å². The van der Waals surface area contributed by atoms with Gasteiger partial charge in [-0.2, -0.15) is 5.26 Å². The zero-order chi connectivity index (χ0) is 12.1. The maximum atomic E-state index is 8.67. The van der Waals surface area contributed by atoms with Gasteiger partial charge in [-0.1, -0.05) is 39.4 Å². The number of halogens is 1. The Balaban J connectivity index is 1.85. The number of thiazole rings is 1. The van der Waals surface area contributed by atoms with Crippen molar-refractivity contribution < 1.29 is 0 Å². The fraction of sp³-hybridized carbons (Fsp3) is 0.167. The average molecular weight is 308 g/mol. The van der Waals surface area contributed by atoms with Crippen molar-refractivity contribution in [3.8, 4) is 6.07 Å². The minimum atomic E-state index is 0.634. The maximum Gasteiger partial charge on any atom is 0.183 e. The Hall–Kier alpha value is -1.38. The molecule has 0 bridgehead atoms. The lowest BCUT2D eigenvalue weighted by atomic mass is 10.1. The molecule has 0 fully saturated rings. The molecule has 1 N–H and O–H groups in total. The first kappa shape index (κ1) is 12.1. The number of hydrogen-bond acceptors (Lipinski definition) is 4. The van der Waals surface area contributed by atoms with Crippen LogP contribution in [0.25, 0.3) is 0 Å². The summed E-state index contributed by atoms with van der Waals surface area (Å²) in [4.78, 5) is 4.75. The van der Waals surface area contributed by atoms with Gasteiger partial charge >= 0.3 is 0 Å². The van der Waals surface area contributed by atoms with Crippen molar-refractivity contribution in [3.05, 3.63) is 45.4 Å². The average Bonchev–Trinajstić information content (AvgIpc) is 2.77. The number of nitrogens with zero attached hydrogens (tertiary/aromatic N) is 2. The molecule has 0 saturated carbocycles. The van der Waals surface area contributed by atoms with Gasteiger partial charge in [-0.05, 0) is 24.1 Å². The highest BCUT2D eigenvalue weighted by Crippen LogP contribution is 2.17. The molecule has 3 nitrogen and oxygen atoms in total. The fourth-order valence-corrected chi connectivity index (χ4v) is 2.50. The number of hydrogen-bond donors (Lipinski definition) is 1. The van der Waals surface area contributed by atoms with Crippen LogP contribution in [0.3, 0.4) is 0 Å². The summed E-state index contributed by atoms with van der Waals surface area (Å²) in [6, 6.07) is 10.3. The van der Waals surface area contributed by atoms with Crippen molar-refractivity contribution in [1.29, 1.82) is 5.26 Å². The molecule has 1 aromatic heterocycles. The van der Waals surface area contributed by atoms with Crippen LogP contribution in [-0.2, 0) is 6.42 Å². The highest BCUT2D eigenvalue weighted by Gasteiger charge is 2.00. The Labute approximate surface area is 112 Å². The van der Waals surface area contributed by atoms with E-state index < -0.39 is 0 Å². The van der Waals surface area contributed by atoms with Crippen molar-refractivity contribution in [3.63, 3.8) is 0 Å². The number of benzene rings is 1. The van der Waals surface area contributed by atoms with Gasteiger partial charge in [-0.15, -0.1) is 0 Å². The van der Waals surface area contributed by atoms with Crippen LogP contribution in [0.1, 0.15) is 10.4 Å². The summed E-state index contributed by atoms with van der Waals surface area (Å²) in [5.41, 5.74) is 1.27. The molecular weight excluding hydrogens is 298 g/mol. The molecule has 2 rings (SSSR count). The molecule has 0 atom stereocenters. The van der Waals surface area contributed by atoms with Crippen LogP contribution in [0.4, 0.5) is 5.13 Å². The minimum Gasteiger partial charge on any atom is -0.361 e. The molecule has 86 valence electrons. The molecule has 0 radical (unpaired) electrons. The lowest BCUT2D eigenvalue weighted by Gasteiger charge is -2.03. The summed E-state index contributed by atoms with van der Waals surface area (Å²) in [5.74, 6) is 0. The highest BCUT2D eigenvalue weighted by molar-refractivity contribution is 9.10. The molecule has 0 saturated heterocycles. The number of nitrogens with one attached hydrogen (secondary N) is 1. The van der Waals surface area contributed by atoms with Crippen LogP contribution in [0.15, 0.2) is 34.9 Å². The molecule has 0 spiro atoms. The zero-order valence-corrected chi connectivity index (χ0v) is 11.4. The van der Waals surface area contributed by atoms with Gasteiger partial charge in [-0.3, -0.25) is 0 Å². The van der Waals surface area contributed by atoms with E-state index in [0.717, 1.165) is 22.6 Å². The number of rotatable bonds is 4. The molecule has 0 aliphatic heterocycles. The van der Waals surface area contributed by atoms with Crippen molar-refractivity contribution in [2.75, 3.05) is 11.9 Å². The summed E-state index contributed by atoms with van der Waals surface area (Å²) in [7, 11) is 0. The van der Waals surface area contributed by atoms with Crippen molar-refractivity contribution >= 4 is 32.4 Å². The predicted octanol–water partition coefficient (Wildman–Crippen LogP) is 3.43. The number of aromatic nitrogens is 1. The second-order valence-corrected chi connectivity index (χ2v) is 5.39. The monoisotopic (exact) mass is 307 g/mol. The van der Waals surface area contributed by atoms with E-state index in [9.17, 15) is 0 Å². The first-order valence-electron chi connectivity index (χ1n) is 5.12. The Morgan fingerprint density at radius 1 is 1.47 bits per heavy atom. The van der Waals surface area contributed by atoms with Gasteiger partial charge in [0, 0.05) is 11.0 Å². The summed E-state index contributed by atoms with van der Waals surface area (Å²) >= 11 is 4.82. The normalized spacial score (nSPS) is 9.88. The van der Waals surface area contributed by atoms with Crippen LogP contribution < -0.4 is 5.32 Å². The van der Waals surface area contributed by atoms with E-state index in [4.69, 9.17) is 5.26 Å². The van der Waals surface area contributed by atoms with E-state index in [0.29, 0.717) is 4.88 Å². The largest absolute Gasteiger partial charge is 0.361 e. The van der Waals surface area contributed by atoms with Crippen molar-refractivity contribution in [2.24, 2.45) is 0 Å². The molecule has 0 amide bonds. The first-order valence-corrected chi connectivity index (χ1v) is 6.73. The molecule has 0 aliphatic rings. The molecule has 1 heterocycles. The summed E-state index contributed by atoms with van der Waals surface area (Å²) in [6.45, 7) is 0.814. The quantitative estimate of drug-likeness (QED) is 0.941. The molecule has 0 unspecified atom stereocenters. The third-order valence-corrected chi connectivity index (χ3v) is 3.55. The highest BCUT2D eigenvalue weighted by atomic mass is 79.9. The molecule has 0 aliphatic carbocycles. The van der Waals surface area contributed by atoms with E-state index in [1.807, 2.05) is 12.1 Å². The van der Waals surface area contributed by atoms with Crippen LogP contribution in [0.2, 0.25) is 0 Å². The van der Waals surface area contributed by atoms with Gasteiger partial charge < -0.3 is 5.32 Å². The SMILES string of the molecule is N#Cc1cnc(NCCc2cccc(Br)c2)s1. The third-order valence-electron chi connectivity index (χ3n) is 2.19. The third kappa shape index (κ3) is 3.55. The topological polar surface area (TPSA) is 48.7 Å². The maximum absolute atomic E-state index is 8.67. The Bertz CT molecular complexity index is 545. The van der Waals surface area contributed by atoms with Crippen LogP contribution >= 0.6 is 27.3 Å². The van der Waals surface area contributed by atoms with E-state index in [1.165, 1.54) is 16.9 Å². The van der Waals surface area contributed by atoms with Gasteiger partial charge in [0.2, 0.25) is 0 Å². The van der Waals surface area contributed by atoms with E-state index in [2.05, 4.69) is 44.4 Å². The summed E-state index contributed by atoms with van der Waals surface area (Å²) in [6.07, 6.45) is 2.52. The van der Waals surface area contributed by atoms with Gasteiger partial charge in [0.15, 0.2) is 5.13 Å². The first-order chi connectivity index (χ1) is 8.28. The van der Waals surface area contributed by atoms with Crippen LogP contribution in [0, 0.1) is 11.3 Å². The zero-order valence-electron chi connectivity index (χ0n) is 8.98. The predicted molar refractivity (Wildman–Crippen MR) is 73.2 cm³/mol. The smallest absolute Gasteiger partial charge is 0.183 e. The molecule has 17 heavy (non-hydrogen) atoms. The molecule has 1 aromatic carbocycles. The Morgan fingerprint density at radius 2 is 2.35 bits per heavy atom. The number of anilines is 1. The van der Waals surface area contributed by atoms with Gasteiger partial charge in [0.25, 0.3) is 0 Å². The van der Waals surface area contributed by atoms with Gasteiger partial charge in [0.1, 0.15) is 10.9 Å². The lowest BCUT2D eigenvalue weighted by Crippen LogP contribution is -2.04. The molecule has 2 aromatic rings. The van der Waals surface area contributed by atoms with Crippen LogP contribution in [-0.4, -0.2) is 11.5 Å². The van der Waals surface area contributed by atoms with E-state index in [-0.39, 0.29) is 0 Å². The fourth-order valence-electron chi connectivity index (χ4n) is 1.41. The van der Waals surface area contributed by atoms with E-state index >= 15 is 0 Å². The molecular formula is C12H10BrN3S. The second kappa shape index (κ2) is 5.80.